The molecule has 4 aromatic carbocycles. The van der Waals surface area contributed by atoms with E-state index >= 15 is 0 Å². The number of nitrogens with one attached hydrogen (secondary N) is 2. The summed E-state index contributed by atoms with van der Waals surface area (Å²) in [6.07, 6.45) is 57.2. The molecular formula is C80H114Br2N2O2. The molecule has 0 fully saturated rings. The highest BCUT2D eigenvalue weighted by atomic mass is 79.9. The summed E-state index contributed by atoms with van der Waals surface area (Å²) in [7, 11) is 0. The fourth-order valence-corrected chi connectivity index (χ4v) is 16.6. The molecule has 0 spiro atoms. The summed E-state index contributed by atoms with van der Waals surface area (Å²) >= 11 is 7.90. The molecule has 2 aliphatic heterocycles. The molecule has 2 N–H and O–H groups in total. The zero-order valence-electron chi connectivity index (χ0n) is 54.6. The van der Waals surface area contributed by atoms with Crippen LogP contribution in [0.3, 0.4) is 0 Å². The van der Waals surface area contributed by atoms with Crippen molar-refractivity contribution in [1.82, 2.24) is 10.6 Å². The molecule has 4 nitrogen and oxygen atoms in total. The Kier molecular flexibility index (Phi) is 28.7. The third-order valence-corrected chi connectivity index (χ3v) is 21.7. The molecule has 0 atom stereocenters. The fraction of sp³-hybridized carbons (Fsp3) is 0.625. The van der Waals surface area contributed by atoms with Crippen LogP contribution in [0.25, 0.3) is 33.6 Å². The highest BCUT2D eigenvalue weighted by molar-refractivity contribution is 9.10. The van der Waals surface area contributed by atoms with Crippen molar-refractivity contribution in [3.05, 3.63) is 126 Å². The highest BCUT2D eigenvalue weighted by Crippen LogP contribution is 2.58. The Hall–Kier alpha value is -3.74. The lowest BCUT2D eigenvalue weighted by molar-refractivity contribution is -0.117. The number of amides is 2. The maximum absolute atomic E-state index is 14.8. The minimum Gasteiger partial charge on any atom is -0.321 e. The van der Waals surface area contributed by atoms with Gasteiger partial charge in [0.2, 0.25) is 0 Å². The van der Waals surface area contributed by atoms with Crippen LogP contribution in [-0.4, -0.2) is 11.8 Å². The van der Waals surface area contributed by atoms with Crippen molar-refractivity contribution >= 4 is 55.1 Å². The fourth-order valence-electron chi connectivity index (χ4n) is 15.8. The second-order valence-corrected chi connectivity index (χ2v) is 29.0. The summed E-state index contributed by atoms with van der Waals surface area (Å²) in [5.41, 5.74) is 14.8. The van der Waals surface area contributed by atoms with E-state index < -0.39 is 0 Å². The smallest absolute Gasteiger partial charge is 0.258 e. The highest BCUT2D eigenvalue weighted by Gasteiger charge is 2.47. The van der Waals surface area contributed by atoms with Crippen molar-refractivity contribution in [3.8, 4) is 22.3 Å². The van der Waals surface area contributed by atoms with E-state index in [9.17, 15) is 9.59 Å². The van der Waals surface area contributed by atoms with Gasteiger partial charge in [-0.25, -0.2) is 0 Å². The molecule has 0 unspecified atom stereocenters. The van der Waals surface area contributed by atoms with E-state index in [4.69, 9.17) is 0 Å². The van der Waals surface area contributed by atoms with E-state index in [1.165, 1.54) is 301 Å². The van der Waals surface area contributed by atoms with Crippen molar-refractivity contribution in [2.45, 2.75) is 321 Å². The number of hydrogen-bond donors (Lipinski definition) is 2. The third-order valence-electron chi connectivity index (χ3n) is 20.7. The molecule has 2 amide bonds. The first-order valence-corrected chi connectivity index (χ1v) is 37.8. The molecule has 8 rings (SSSR count). The van der Waals surface area contributed by atoms with Gasteiger partial charge in [0, 0.05) is 19.8 Å². The van der Waals surface area contributed by atoms with Crippen LogP contribution in [-0.2, 0) is 20.4 Å². The Morgan fingerprint density at radius 1 is 0.291 bits per heavy atom. The summed E-state index contributed by atoms with van der Waals surface area (Å²) in [6.45, 7) is 9.22. The molecule has 6 heteroatoms. The summed E-state index contributed by atoms with van der Waals surface area (Å²) in [4.78, 5) is 29.5. The van der Waals surface area contributed by atoms with Gasteiger partial charge < -0.3 is 10.6 Å². The number of fused-ring (bicyclic) bond motifs is 7. The summed E-state index contributed by atoms with van der Waals surface area (Å²) in [5.74, 6) is -0.375. The quantitative estimate of drug-likeness (QED) is 0.0433. The lowest BCUT2D eigenvalue weighted by Gasteiger charge is -2.33. The first-order valence-electron chi connectivity index (χ1n) is 36.2. The van der Waals surface area contributed by atoms with Crippen molar-refractivity contribution in [3.63, 3.8) is 0 Å². The number of carbonyl (C=O) groups is 2. The first-order chi connectivity index (χ1) is 42.2. The zero-order valence-corrected chi connectivity index (χ0v) is 57.8. The van der Waals surface area contributed by atoms with Crippen molar-refractivity contribution in [1.29, 1.82) is 0 Å². The average molecular weight is 1300 g/mol. The van der Waals surface area contributed by atoms with Gasteiger partial charge in [-0.3, -0.25) is 9.59 Å². The number of rotatable bonds is 46. The minimum atomic E-state index is -0.187. The average Bonchev–Trinajstić information content (AvgIpc) is 1.60. The molecule has 0 aromatic heterocycles. The van der Waals surface area contributed by atoms with Gasteiger partial charge in [-0.1, -0.05) is 353 Å². The molecule has 0 bridgehead atoms. The van der Waals surface area contributed by atoms with E-state index in [0.717, 1.165) is 45.8 Å². The maximum Gasteiger partial charge on any atom is 0.258 e. The second kappa shape index (κ2) is 36.2. The summed E-state index contributed by atoms with van der Waals surface area (Å²) in [6, 6.07) is 27.7. The Balaban J connectivity index is 1.08. The van der Waals surface area contributed by atoms with Crippen molar-refractivity contribution in [2.24, 2.45) is 0 Å². The van der Waals surface area contributed by atoms with Crippen molar-refractivity contribution in [2.75, 3.05) is 0 Å². The van der Waals surface area contributed by atoms with E-state index in [-0.39, 0.29) is 22.6 Å². The molecule has 0 radical (unpaired) electrons. The molecule has 86 heavy (non-hydrogen) atoms. The van der Waals surface area contributed by atoms with Gasteiger partial charge in [0.25, 0.3) is 11.8 Å². The Labute approximate surface area is 541 Å². The van der Waals surface area contributed by atoms with Crippen molar-refractivity contribution < 1.29 is 9.59 Å². The number of halogens is 2. The molecule has 4 aliphatic rings. The first kappa shape index (κ1) is 68.2. The predicted molar refractivity (Wildman–Crippen MR) is 377 cm³/mol. The largest absolute Gasteiger partial charge is 0.321 e. The van der Waals surface area contributed by atoms with Crippen LogP contribution in [0.1, 0.15) is 344 Å². The Morgan fingerprint density at radius 2 is 0.512 bits per heavy atom. The van der Waals surface area contributed by atoms with E-state index in [1.54, 1.807) is 0 Å². The van der Waals surface area contributed by atoms with E-state index in [0.29, 0.717) is 22.5 Å². The number of unbranched alkanes of at least 4 members (excludes halogenated alkanes) is 36. The topological polar surface area (TPSA) is 58.2 Å². The summed E-state index contributed by atoms with van der Waals surface area (Å²) < 4.78 is 2.27. The zero-order chi connectivity index (χ0) is 60.4. The Morgan fingerprint density at radius 3 is 0.767 bits per heavy atom. The molecule has 0 saturated heterocycles. The van der Waals surface area contributed by atoms with Gasteiger partial charge in [-0.2, -0.15) is 0 Å². The maximum atomic E-state index is 14.8. The molecule has 2 heterocycles. The molecule has 4 aromatic rings. The lowest BCUT2D eigenvalue weighted by atomic mass is 9.70. The van der Waals surface area contributed by atoms with Gasteiger partial charge in [-0.15, -0.1) is 0 Å². The van der Waals surface area contributed by atoms with Gasteiger partial charge in [0.05, 0.1) is 22.5 Å². The monoisotopic (exact) mass is 1290 g/mol. The molecule has 2 aliphatic carbocycles. The summed E-state index contributed by atoms with van der Waals surface area (Å²) in [5, 5.41) is 6.70. The third kappa shape index (κ3) is 17.8. The predicted octanol–water partition coefficient (Wildman–Crippen LogP) is 25.4. The van der Waals surface area contributed by atoms with Gasteiger partial charge in [0.1, 0.15) is 0 Å². The van der Waals surface area contributed by atoms with E-state index in [1.807, 2.05) is 0 Å². The van der Waals surface area contributed by atoms with Crippen LogP contribution in [0.4, 0.5) is 0 Å². The molecule has 0 saturated carbocycles. The van der Waals surface area contributed by atoms with Crippen LogP contribution < -0.4 is 10.6 Å². The van der Waals surface area contributed by atoms with Crippen LogP contribution in [0, 0.1) is 0 Å². The van der Waals surface area contributed by atoms with Gasteiger partial charge in [0.15, 0.2) is 0 Å². The normalized spacial score (nSPS) is 15.1. The minimum absolute atomic E-state index is 0.147. The van der Waals surface area contributed by atoms with Gasteiger partial charge in [-0.05, 0) is 118 Å². The number of benzene rings is 4. The number of hydrogen-bond acceptors (Lipinski definition) is 2. The SMILES string of the molecule is CCCCCCCCCCCCC1(CCCCCCCCCCCC)c2cc(Br)ccc2-c2ccc(C3=C4C(=O)NC(c5ccc6c(c5)C(CCCCCCCCCCCC)(CCCCCCCCCCCC)c5cc(Br)ccc5-6)=C4C(=O)N3)cc21. The second-order valence-electron chi connectivity index (χ2n) is 27.2. The molecule has 470 valence electrons. The van der Waals surface area contributed by atoms with Crippen LogP contribution in [0.15, 0.2) is 92.9 Å². The van der Waals surface area contributed by atoms with Gasteiger partial charge >= 0.3 is 0 Å². The van der Waals surface area contributed by atoms with Crippen LogP contribution in [0.2, 0.25) is 0 Å². The van der Waals surface area contributed by atoms with Crippen LogP contribution >= 0.6 is 31.9 Å². The number of carbonyl (C=O) groups excluding carboxylic acids is 2. The Bertz CT molecular complexity index is 2600. The lowest BCUT2D eigenvalue weighted by Crippen LogP contribution is -2.26. The molecular weight excluding hydrogens is 1180 g/mol. The van der Waals surface area contributed by atoms with Crippen LogP contribution in [0.5, 0.6) is 0 Å². The standard InChI is InChI=1S/C80H114Br2N2O2/c1-5-9-13-17-21-25-29-33-37-41-53-79(54-42-38-34-30-26-22-18-14-10-6-2)69-57-61(45-49-65(69)67-51-47-63(81)59-71(67)79)75-73-74(78(86)83-75)76(84-77(73)85)62-46-50-66-68-52-48-64(82)60-72(68)80(70(66)58-62,55-43-39-35-31-27-23-19-15-11-7-3)56-44-40-36-32-28-24-20-16-12-8-4/h45-52,57-60H,5-44,53-56H2,1-4H3,(H,83,86)(H,84,85). The van der Waals surface area contributed by atoms with E-state index in [2.05, 4.69) is 143 Å².